The maximum atomic E-state index is 11.6. The van der Waals surface area contributed by atoms with Crippen molar-refractivity contribution in [2.24, 2.45) is 5.92 Å². The van der Waals surface area contributed by atoms with Crippen LogP contribution in [0.5, 0.6) is 5.75 Å². The van der Waals surface area contributed by atoms with Gasteiger partial charge in [0.2, 0.25) is 0 Å². The standard InChI is InChI=1S/C15H20O4/c1-3-19-13-6-4-12(5-7-13)15(2,14(16)17)8-11-9-18-10-11/h4-7,11H,3,8-10H2,1-2H3,(H,16,17). The Morgan fingerprint density at radius 3 is 2.47 bits per heavy atom. The minimum absolute atomic E-state index is 0.340. The first-order valence-corrected chi connectivity index (χ1v) is 6.60. The molecule has 1 heterocycles. The maximum absolute atomic E-state index is 11.6. The van der Waals surface area contributed by atoms with Crippen molar-refractivity contribution in [3.8, 4) is 5.75 Å². The molecule has 4 heteroatoms. The molecule has 1 fully saturated rings. The zero-order valence-corrected chi connectivity index (χ0v) is 11.4. The Hall–Kier alpha value is -1.55. The van der Waals surface area contributed by atoms with Crippen LogP contribution in [0.25, 0.3) is 0 Å². The number of hydrogen-bond donors (Lipinski definition) is 1. The minimum atomic E-state index is -0.862. The summed E-state index contributed by atoms with van der Waals surface area (Å²) in [5, 5.41) is 9.56. The lowest BCUT2D eigenvalue weighted by Crippen LogP contribution is -2.40. The Bertz CT molecular complexity index is 436. The summed E-state index contributed by atoms with van der Waals surface area (Å²) < 4.78 is 10.5. The first kappa shape index (κ1) is 13.9. The predicted octanol–water partition coefficient (Wildman–Crippen LogP) is 2.46. The lowest BCUT2D eigenvalue weighted by molar-refractivity contribution is -0.145. The molecule has 19 heavy (non-hydrogen) atoms. The molecular weight excluding hydrogens is 244 g/mol. The molecule has 1 unspecified atom stereocenters. The second-order valence-electron chi connectivity index (χ2n) is 5.20. The van der Waals surface area contributed by atoms with Crippen LogP contribution >= 0.6 is 0 Å². The second-order valence-corrected chi connectivity index (χ2v) is 5.20. The average Bonchev–Trinajstić information content (AvgIpc) is 2.34. The van der Waals surface area contributed by atoms with Gasteiger partial charge in [-0.25, -0.2) is 0 Å². The van der Waals surface area contributed by atoms with Crippen LogP contribution in [0.3, 0.4) is 0 Å². The molecule has 0 bridgehead atoms. The molecule has 1 saturated heterocycles. The number of carbonyl (C=O) groups is 1. The highest BCUT2D eigenvalue weighted by Crippen LogP contribution is 2.34. The van der Waals surface area contributed by atoms with Crippen LogP contribution in [0, 0.1) is 5.92 Å². The van der Waals surface area contributed by atoms with E-state index < -0.39 is 11.4 Å². The molecule has 0 aliphatic carbocycles. The number of aliphatic carboxylic acids is 1. The topological polar surface area (TPSA) is 55.8 Å². The first-order chi connectivity index (χ1) is 9.06. The van der Waals surface area contributed by atoms with Gasteiger partial charge >= 0.3 is 5.97 Å². The normalized spacial score (nSPS) is 18.4. The highest BCUT2D eigenvalue weighted by Gasteiger charge is 2.39. The van der Waals surface area contributed by atoms with Gasteiger partial charge in [0.05, 0.1) is 25.2 Å². The molecule has 1 aromatic carbocycles. The summed E-state index contributed by atoms with van der Waals surface area (Å²) in [6, 6.07) is 7.35. The van der Waals surface area contributed by atoms with E-state index in [2.05, 4.69) is 0 Å². The van der Waals surface area contributed by atoms with Gasteiger partial charge < -0.3 is 14.6 Å². The number of carboxylic acid groups (broad SMARTS) is 1. The SMILES string of the molecule is CCOc1ccc(C(C)(CC2COC2)C(=O)O)cc1. The van der Waals surface area contributed by atoms with E-state index in [1.54, 1.807) is 6.92 Å². The molecule has 104 valence electrons. The van der Waals surface area contributed by atoms with Gasteiger partial charge in [-0.2, -0.15) is 0 Å². The van der Waals surface area contributed by atoms with E-state index in [0.29, 0.717) is 32.2 Å². The Morgan fingerprint density at radius 1 is 1.42 bits per heavy atom. The van der Waals surface area contributed by atoms with Crippen molar-refractivity contribution < 1.29 is 19.4 Å². The molecule has 1 aromatic rings. The van der Waals surface area contributed by atoms with E-state index in [9.17, 15) is 9.90 Å². The summed E-state index contributed by atoms with van der Waals surface area (Å²) in [7, 11) is 0. The summed E-state index contributed by atoms with van der Waals surface area (Å²) in [5.41, 5.74) is -0.0468. The van der Waals surface area contributed by atoms with E-state index in [4.69, 9.17) is 9.47 Å². The van der Waals surface area contributed by atoms with Crippen LogP contribution in [0.4, 0.5) is 0 Å². The fourth-order valence-electron chi connectivity index (χ4n) is 2.39. The smallest absolute Gasteiger partial charge is 0.313 e. The molecule has 0 radical (unpaired) electrons. The second kappa shape index (κ2) is 5.61. The summed E-state index contributed by atoms with van der Waals surface area (Å²) in [5.74, 6) is 0.321. The Labute approximate surface area is 113 Å². The largest absolute Gasteiger partial charge is 0.494 e. The van der Waals surface area contributed by atoms with Crippen LogP contribution in [0.1, 0.15) is 25.8 Å². The first-order valence-electron chi connectivity index (χ1n) is 6.60. The summed E-state index contributed by atoms with van der Waals surface area (Å²) >= 11 is 0. The zero-order valence-electron chi connectivity index (χ0n) is 11.4. The van der Waals surface area contributed by atoms with E-state index in [1.807, 2.05) is 31.2 Å². The third-order valence-electron chi connectivity index (χ3n) is 3.68. The van der Waals surface area contributed by atoms with Gasteiger partial charge in [0, 0.05) is 5.92 Å². The van der Waals surface area contributed by atoms with E-state index in [0.717, 1.165) is 11.3 Å². The van der Waals surface area contributed by atoms with Crippen LogP contribution in [-0.2, 0) is 14.9 Å². The number of hydrogen-bond acceptors (Lipinski definition) is 3. The van der Waals surface area contributed by atoms with Crippen molar-refractivity contribution in [2.45, 2.75) is 25.7 Å². The predicted molar refractivity (Wildman–Crippen MR) is 71.5 cm³/mol. The third-order valence-corrected chi connectivity index (χ3v) is 3.68. The Kier molecular flexibility index (Phi) is 4.10. The minimum Gasteiger partial charge on any atom is -0.494 e. The maximum Gasteiger partial charge on any atom is 0.313 e. The van der Waals surface area contributed by atoms with Crippen LogP contribution in [0.2, 0.25) is 0 Å². The third kappa shape index (κ3) is 2.89. The molecule has 0 amide bonds. The highest BCUT2D eigenvalue weighted by atomic mass is 16.5. The summed E-state index contributed by atoms with van der Waals surface area (Å²) in [6.07, 6.45) is 0.607. The van der Waals surface area contributed by atoms with Crippen LogP contribution in [0.15, 0.2) is 24.3 Å². The van der Waals surface area contributed by atoms with Crippen molar-refractivity contribution in [1.29, 1.82) is 0 Å². The Balaban J connectivity index is 2.19. The van der Waals surface area contributed by atoms with Gasteiger partial charge in [0.25, 0.3) is 0 Å². The quantitative estimate of drug-likeness (QED) is 0.857. The van der Waals surface area contributed by atoms with Crippen molar-refractivity contribution in [1.82, 2.24) is 0 Å². The number of rotatable bonds is 6. The molecule has 1 aliphatic heterocycles. The molecule has 0 aromatic heterocycles. The van der Waals surface area contributed by atoms with E-state index >= 15 is 0 Å². The number of carboxylic acids is 1. The van der Waals surface area contributed by atoms with E-state index in [-0.39, 0.29) is 0 Å². The van der Waals surface area contributed by atoms with Gasteiger partial charge in [-0.3, -0.25) is 4.79 Å². The zero-order chi connectivity index (χ0) is 13.9. The molecule has 2 rings (SSSR count). The van der Waals surface area contributed by atoms with Crippen molar-refractivity contribution in [3.05, 3.63) is 29.8 Å². The van der Waals surface area contributed by atoms with Crippen LogP contribution < -0.4 is 4.74 Å². The molecule has 0 spiro atoms. The van der Waals surface area contributed by atoms with E-state index in [1.165, 1.54) is 0 Å². The summed E-state index contributed by atoms with van der Waals surface area (Å²) in [4.78, 5) is 11.6. The van der Waals surface area contributed by atoms with Gasteiger partial charge in [0.1, 0.15) is 5.75 Å². The number of benzene rings is 1. The molecule has 0 saturated carbocycles. The van der Waals surface area contributed by atoms with Crippen molar-refractivity contribution in [3.63, 3.8) is 0 Å². The van der Waals surface area contributed by atoms with Crippen molar-refractivity contribution >= 4 is 5.97 Å². The lowest BCUT2D eigenvalue weighted by atomic mass is 9.75. The van der Waals surface area contributed by atoms with Gasteiger partial charge in [-0.1, -0.05) is 12.1 Å². The molecular formula is C15H20O4. The molecule has 1 atom stereocenters. The van der Waals surface area contributed by atoms with Crippen molar-refractivity contribution in [2.75, 3.05) is 19.8 Å². The number of ether oxygens (including phenoxy) is 2. The highest BCUT2D eigenvalue weighted by molar-refractivity contribution is 5.81. The average molecular weight is 264 g/mol. The van der Waals surface area contributed by atoms with Gasteiger partial charge in [0.15, 0.2) is 0 Å². The molecule has 1 N–H and O–H groups in total. The summed E-state index contributed by atoms with van der Waals surface area (Å²) in [6.45, 7) is 5.64. The lowest BCUT2D eigenvalue weighted by Gasteiger charge is -2.34. The van der Waals surface area contributed by atoms with Crippen LogP contribution in [-0.4, -0.2) is 30.9 Å². The monoisotopic (exact) mass is 264 g/mol. The fraction of sp³-hybridized carbons (Fsp3) is 0.533. The molecule has 1 aliphatic rings. The Morgan fingerprint density at radius 2 is 2.05 bits per heavy atom. The van der Waals surface area contributed by atoms with Gasteiger partial charge in [-0.05, 0) is 38.0 Å². The van der Waals surface area contributed by atoms with Gasteiger partial charge in [-0.15, -0.1) is 0 Å². The fourth-order valence-corrected chi connectivity index (χ4v) is 2.39. The molecule has 4 nitrogen and oxygen atoms in total.